The van der Waals surface area contributed by atoms with E-state index in [0.717, 1.165) is 15.9 Å². The fraction of sp³-hybridized carbons (Fsp3) is 0.278. The van der Waals surface area contributed by atoms with Gasteiger partial charge in [0.1, 0.15) is 5.54 Å². The molecule has 5 nitrogen and oxygen atoms in total. The first-order valence-corrected chi connectivity index (χ1v) is 16.4. The van der Waals surface area contributed by atoms with Crippen molar-refractivity contribution < 1.29 is 18.8 Å². The van der Waals surface area contributed by atoms with E-state index in [0.29, 0.717) is 18.4 Å². The Morgan fingerprint density at radius 1 is 0.786 bits per heavy atom. The summed E-state index contributed by atoms with van der Waals surface area (Å²) in [4.78, 5) is 29.8. The highest BCUT2D eigenvalue weighted by atomic mass is 28.4. The molecule has 2 atom stereocenters. The molecule has 1 aliphatic rings. The first-order valence-electron chi connectivity index (χ1n) is 14.5. The number of hydrogen-bond acceptors (Lipinski definition) is 4. The van der Waals surface area contributed by atoms with Gasteiger partial charge in [-0.2, -0.15) is 0 Å². The Hall–Kier alpha value is -4.00. The molecule has 4 aromatic carbocycles. The van der Waals surface area contributed by atoms with Crippen LogP contribution >= 0.6 is 0 Å². The van der Waals surface area contributed by atoms with Crippen molar-refractivity contribution in [3.8, 4) is 0 Å². The third-order valence-corrected chi connectivity index (χ3v) is 13.5. The van der Waals surface area contributed by atoms with Crippen molar-refractivity contribution in [3.63, 3.8) is 0 Å². The molecule has 1 heterocycles. The maximum Gasteiger partial charge on any atom is 0.332 e. The average Bonchev–Trinajstić information content (AvgIpc) is 3.38. The van der Waals surface area contributed by atoms with E-state index < -0.39 is 25.9 Å². The van der Waals surface area contributed by atoms with Crippen molar-refractivity contribution in [1.82, 2.24) is 4.90 Å². The number of benzene rings is 4. The number of ether oxygens (including phenoxy) is 1. The van der Waals surface area contributed by atoms with E-state index in [1.54, 1.807) is 17.0 Å². The maximum absolute atomic E-state index is 14.2. The molecular weight excluding hydrogens is 538 g/mol. The minimum atomic E-state index is -2.95. The molecule has 6 heteroatoms. The molecule has 4 aromatic rings. The third-order valence-electron chi connectivity index (χ3n) is 8.40. The number of nitrogens with zero attached hydrogens (tertiary/aromatic N) is 1. The minimum absolute atomic E-state index is 0.203. The molecule has 0 N–H and O–H groups in total. The first-order chi connectivity index (χ1) is 20.2. The number of hydrogen-bond donors (Lipinski definition) is 0. The number of esters is 1. The van der Waals surface area contributed by atoms with Crippen molar-refractivity contribution in [2.24, 2.45) is 0 Å². The lowest BCUT2D eigenvalue weighted by Gasteiger charge is -2.44. The zero-order chi connectivity index (χ0) is 29.8. The summed E-state index contributed by atoms with van der Waals surface area (Å²) in [6.07, 6.45) is 0.268. The van der Waals surface area contributed by atoms with Crippen LogP contribution in [0.15, 0.2) is 121 Å². The zero-order valence-electron chi connectivity index (χ0n) is 24.8. The van der Waals surface area contributed by atoms with Crippen LogP contribution < -0.4 is 10.4 Å². The summed E-state index contributed by atoms with van der Waals surface area (Å²) in [5.74, 6) is -0.630. The van der Waals surface area contributed by atoms with Crippen LogP contribution in [-0.4, -0.2) is 50.4 Å². The first kappa shape index (κ1) is 29.5. The monoisotopic (exact) mass is 577 g/mol. The van der Waals surface area contributed by atoms with Crippen LogP contribution in [0.1, 0.15) is 43.1 Å². The van der Waals surface area contributed by atoms with Gasteiger partial charge in [0.05, 0.1) is 13.2 Å². The van der Waals surface area contributed by atoms with E-state index in [2.05, 4.69) is 69.3 Å². The van der Waals surface area contributed by atoms with E-state index in [-0.39, 0.29) is 17.5 Å². The number of amides is 1. The Kier molecular flexibility index (Phi) is 8.48. The summed E-state index contributed by atoms with van der Waals surface area (Å²) in [5.41, 5.74) is 0.267. The molecule has 216 valence electrons. The van der Waals surface area contributed by atoms with Gasteiger partial charge < -0.3 is 14.1 Å². The molecule has 1 saturated heterocycles. The Bertz CT molecular complexity index is 1450. The summed E-state index contributed by atoms with van der Waals surface area (Å²) in [5, 5.41) is 2.06. The normalized spacial score (nSPS) is 19.0. The predicted octanol–water partition coefficient (Wildman–Crippen LogP) is 5.63. The van der Waals surface area contributed by atoms with E-state index >= 15 is 0 Å². The molecule has 0 unspecified atom stereocenters. The van der Waals surface area contributed by atoms with Crippen molar-refractivity contribution in [2.75, 3.05) is 13.7 Å². The predicted molar refractivity (Wildman–Crippen MR) is 169 cm³/mol. The van der Waals surface area contributed by atoms with Crippen LogP contribution in [-0.2, 0) is 20.4 Å². The number of likely N-dealkylation sites (tertiary alicyclic amines) is 1. The van der Waals surface area contributed by atoms with Gasteiger partial charge in [-0.3, -0.25) is 4.79 Å². The molecule has 0 aromatic heterocycles. The molecule has 0 aliphatic carbocycles. The maximum atomic E-state index is 14.2. The average molecular weight is 578 g/mol. The Balaban J connectivity index is 1.65. The quantitative estimate of drug-likeness (QED) is 0.201. The van der Waals surface area contributed by atoms with Crippen LogP contribution in [0.3, 0.4) is 0 Å². The zero-order valence-corrected chi connectivity index (χ0v) is 25.8. The molecule has 1 aliphatic heterocycles. The highest BCUT2D eigenvalue weighted by molar-refractivity contribution is 6.99. The van der Waals surface area contributed by atoms with E-state index in [1.807, 2.05) is 60.7 Å². The second-order valence-electron chi connectivity index (χ2n) is 12.1. The lowest BCUT2D eigenvalue weighted by Crippen LogP contribution is -2.67. The number of carbonyl (C=O) groups excluding carboxylic acids is 2. The van der Waals surface area contributed by atoms with Gasteiger partial charge >= 0.3 is 5.97 Å². The number of carbonyl (C=O) groups is 2. The lowest BCUT2D eigenvalue weighted by molar-refractivity contribution is -0.152. The fourth-order valence-electron chi connectivity index (χ4n) is 6.52. The Labute approximate surface area is 250 Å². The SMILES string of the molecule is COC(=O)[C@]1(Cc2ccccc2)C[C@@H](O[Si](c2ccccc2)(c2ccccc2)C(C)(C)C)CN1C(=O)c1ccccc1. The summed E-state index contributed by atoms with van der Waals surface area (Å²) in [6.45, 7) is 6.98. The minimum Gasteiger partial charge on any atom is -0.467 e. The number of methoxy groups -OCH3 is 1. The second-order valence-corrected chi connectivity index (χ2v) is 16.3. The van der Waals surface area contributed by atoms with Gasteiger partial charge in [0.2, 0.25) is 0 Å². The number of rotatable bonds is 8. The standard InChI is InChI=1S/C36H39NO4Si/c1-35(2,3)42(31-21-13-7-14-22-31,32-23-15-8-16-24-32)41-30-26-36(34(39)40-4,25-28-17-9-5-10-18-28)37(27-30)33(38)29-19-11-6-12-20-29/h5-24,30H,25-27H2,1-4H3/t30-,36+/m1/s1. The molecule has 0 radical (unpaired) electrons. The molecule has 0 saturated carbocycles. The van der Waals surface area contributed by atoms with Crippen molar-refractivity contribution >= 4 is 30.6 Å². The molecular formula is C36H39NO4Si. The molecule has 1 fully saturated rings. The molecule has 42 heavy (non-hydrogen) atoms. The summed E-state index contributed by atoms with van der Waals surface area (Å²) < 4.78 is 12.9. The summed E-state index contributed by atoms with van der Waals surface area (Å²) >= 11 is 0. The Morgan fingerprint density at radius 2 is 1.26 bits per heavy atom. The largest absolute Gasteiger partial charge is 0.467 e. The highest BCUT2D eigenvalue weighted by Crippen LogP contribution is 2.42. The van der Waals surface area contributed by atoms with Gasteiger partial charge in [0.25, 0.3) is 14.2 Å². The van der Waals surface area contributed by atoms with Gasteiger partial charge in [-0.05, 0) is 33.1 Å². The smallest absolute Gasteiger partial charge is 0.332 e. The van der Waals surface area contributed by atoms with Crippen LogP contribution in [0.2, 0.25) is 5.04 Å². The van der Waals surface area contributed by atoms with Gasteiger partial charge in [-0.25, -0.2) is 4.79 Å². The summed E-state index contributed by atoms with van der Waals surface area (Å²) in [7, 11) is -1.55. The van der Waals surface area contributed by atoms with Crippen molar-refractivity contribution in [1.29, 1.82) is 0 Å². The van der Waals surface area contributed by atoms with Crippen LogP contribution in [0.25, 0.3) is 0 Å². The molecule has 0 bridgehead atoms. The third kappa shape index (κ3) is 5.44. The molecule has 1 amide bonds. The Morgan fingerprint density at radius 3 is 1.74 bits per heavy atom. The van der Waals surface area contributed by atoms with Gasteiger partial charge in [0, 0.05) is 24.9 Å². The molecule has 0 spiro atoms. The molecule has 5 rings (SSSR count). The highest BCUT2D eigenvalue weighted by Gasteiger charge is 2.58. The topological polar surface area (TPSA) is 55.8 Å². The fourth-order valence-corrected chi connectivity index (χ4v) is 11.2. The van der Waals surface area contributed by atoms with Crippen molar-refractivity contribution in [3.05, 3.63) is 132 Å². The second kappa shape index (κ2) is 12.1. The summed E-state index contributed by atoms with van der Waals surface area (Å²) in [6, 6.07) is 39.9. The van der Waals surface area contributed by atoms with E-state index in [4.69, 9.17) is 9.16 Å². The van der Waals surface area contributed by atoms with Crippen molar-refractivity contribution in [2.45, 2.75) is 50.3 Å². The van der Waals surface area contributed by atoms with Gasteiger partial charge in [0.15, 0.2) is 0 Å². The van der Waals surface area contributed by atoms with E-state index in [1.165, 1.54) is 7.11 Å². The van der Waals surface area contributed by atoms with Gasteiger partial charge in [-0.15, -0.1) is 0 Å². The van der Waals surface area contributed by atoms with Crippen LogP contribution in [0, 0.1) is 0 Å². The van der Waals surface area contributed by atoms with Gasteiger partial charge in [-0.1, -0.05) is 130 Å². The lowest BCUT2D eigenvalue weighted by atomic mass is 9.87. The van der Waals surface area contributed by atoms with Crippen LogP contribution in [0.5, 0.6) is 0 Å². The van der Waals surface area contributed by atoms with E-state index in [9.17, 15) is 9.59 Å². The van der Waals surface area contributed by atoms with Crippen LogP contribution in [0.4, 0.5) is 0 Å².